The summed E-state index contributed by atoms with van der Waals surface area (Å²) in [4.78, 5) is 0. The summed E-state index contributed by atoms with van der Waals surface area (Å²) in [7, 11) is 0. The molecule has 0 radical (unpaired) electrons. The minimum Gasteiger partial charge on any atom is -0.122 e. The Hall–Kier alpha value is 0.350. The fourth-order valence-electron chi connectivity index (χ4n) is 0.643. The highest BCUT2D eigenvalue weighted by Crippen LogP contribution is 2.11. The molecule has 0 unspecified atom stereocenters. The SMILES string of the molecule is CC(=CCCl)CCC=C(Cl)Cl. The third-order valence-corrected chi connectivity index (χ3v) is 1.73. The van der Waals surface area contributed by atoms with Crippen LogP contribution in [-0.2, 0) is 0 Å². The molecule has 0 rings (SSSR count). The van der Waals surface area contributed by atoms with Crippen molar-refractivity contribution in [2.45, 2.75) is 19.8 Å². The second-order valence-corrected chi connectivity index (χ2v) is 3.55. The van der Waals surface area contributed by atoms with E-state index in [1.807, 2.05) is 13.0 Å². The Balaban J connectivity index is 3.54. The Labute approximate surface area is 82.8 Å². The molecule has 0 fully saturated rings. The standard InChI is InChI=1S/C8H11Cl3/c1-7(5-6-9)3-2-4-8(10)11/h4-5H,2-3,6H2,1H3. The van der Waals surface area contributed by atoms with E-state index >= 15 is 0 Å². The van der Waals surface area contributed by atoms with Crippen LogP contribution in [0.5, 0.6) is 0 Å². The van der Waals surface area contributed by atoms with E-state index < -0.39 is 0 Å². The normalized spacial score (nSPS) is 11.5. The fourth-order valence-corrected chi connectivity index (χ4v) is 1.12. The summed E-state index contributed by atoms with van der Waals surface area (Å²) in [6, 6.07) is 0. The zero-order valence-electron chi connectivity index (χ0n) is 6.41. The summed E-state index contributed by atoms with van der Waals surface area (Å²) in [5.74, 6) is 0.574. The molecule has 0 spiro atoms. The monoisotopic (exact) mass is 212 g/mol. The summed E-state index contributed by atoms with van der Waals surface area (Å²) in [5.41, 5.74) is 1.27. The number of halogens is 3. The summed E-state index contributed by atoms with van der Waals surface area (Å²) in [5, 5.41) is 0. The van der Waals surface area contributed by atoms with Gasteiger partial charge in [0.05, 0.1) is 0 Å². The maximum absolute atomic E-state index is 5.49. The minimum atomic E-state index is 0.337. The summed E-state index contributed by atoms with van der Waals surface area (Å²) >= 11 is 16.3. The molecule has 3 heteroatoms. The van der Waals surface area contributed by atoms with E-state index in [1.165, 1.54) is 5.57 Å². The first-order valence-electron chi connectivity index (χ1n) is 3.39. The maximum Gasteiger partial charge on any atom is 0.102 e. The lowest BCUT2D eigenvalue weighted by Gasteiger charge is -1.95. The Morgan fingerprint density at radius 3 is 2.36 bits per heavy atom. The van der Waals surface area contributed by atoms with E-state index in [4.69, 9.17) is 34.8 Å². The van der Waals surface area contributed by atoms with Gasteiger partial charge >= 0.3 is 0 Å². The van der Waals surface area contributed by atoms with Crippen molar-refractivity contribution in [3.8, 4) is 0 Å². The smallest absolute Gasteiger partial charge is 0.102 e. The predicted molar refractivity (Wildman–Crippen MR) is 53.5 cm³/mol. The first kappa shape index (κ1) is 11.4. The van der Waals surface area contributed by atoms with Gasteiger partial charge in [0.25, 0.3) is 0 Å². The van der Waals surface area contributed by atoms with Crippen LogP contribution in [0.25, 0.3) is 0 Å². The van der Waals surface area contributed by atoms with Gasteiger partial charge in [0, 0.05) is 5.88 Å². The first-order valence-corrected chi connectivity index (χ1v) is 4.68. The van der Waals surface area contributed by atoms with Gasteiger partial charge in [-0.15, -0.1) is 11.6 Å². The molecular formula is C8H11Cl3. The zero-order chi connectivity index (χ0) is 8.69. The molecule has 0 bridgehead atoms. The van der Waals surface area contributed by atoms with E-state index in [-0.39, 0.29) is 0 Å². The quantitative estimate of drug-likeness (QED) is 0.483. The molecule has 0 aromatic rings. The average molecular weight is 214 g/mol. The van der Waals surface area contributed by atoms with Gasteiger partial charge in [0.15, 0.2) is 0 Å². The van der Waals surface area contributed by atoms with Crippen molar-refractivity contribution in [2.75, 3.05) is 5.88 Å². The van der Waals surface area contributed by atoms with E-state index in [1.54, 1.807) is 6.08 Å². The van der Waals surface area contributed by atoms with E-state index in [2.05, 4.69) is 0 Å². The van der Waals surface area contributed by atoms with Crippen LogP contribution in [0.15, 0.2) is 22.2 Å². The van der Waals surface area contributed by atoms with Crippen LogP contribution in [-0.4, -0.2) is 5.88 Å². The molecule has 0 saturated carbocycles. The molecule has 0 saturated heterocycles. The number of rotatable bonds is 4. The van der Waals surface area contributed by atoms with Gasteiger partial charge in [-0.1, -0.05) is 40.9 Å². The number of hydrogen-bond donors (Lipinski definition) is 0. The molecule has 0 nitrogen and oxygen atoms in total. The van der Waals surface area contributed by atoms with Crippen molar-refractivity contribution < 1.29 is 0 Å². The fraction of sp³-hybridized carbons (Fsp3) is 0.500. The van der Waals surface area contributed by atoms with Gasteiger partial charge in [-0.2, -0.15) is 0 Å². The number of allylic oxidation sites excluding steroid dienone is 3. The largest absolute Gasteiger partial charge is 0.122 e. The Morgan fingerprint density at radius 1 is 1.27 bits per heavy atom. The molecule has 0 aliphatic heterocycles. The molecular weight excluding hydrogens is 202 g/mol. The molecule has 11 heavy (non-hydrogen) atoms. The van der Waals surface area contributed by atoms with Crippen LogP contribution < -0.4 is 0 Å². The Bertz CT molecular complexity index is 155. The van der Waals surface area contributed by atoms with Crippen LogP contribution in [0.3, 0.4) is 0 Å². The van der Waals surface area contributed by atoms with Crippen LogP contribution in [0, 0.1) is 0 Å². The van der Waals surface area contributed by atoms with Gasteiger partial charge in [-0.25, -0.2) is 0 Å². The van der Waals surface area contributed by atoms with Crippen molar-refractivity contribution in [3.05, 3.63) is 22.2 Å². The second-order valence-electron chi connectivity index (χ2n) is 2.24. The topological polar surface area (TPSA) is 0 Å². The van der Waals surface area contributed by atoms with E-state index in [0.717, 1.165) is 12.8 Å². The van der Waals surface area contributed by atoms with Crippen LogP contribution >= 0.6 is 34.8 Å². The molecule has 0 N–H and O–H groups in total. The lowest BCUT2D eigenvalue weighted by atomic mass is 10.1. The summed E-state index contributed by atoms with van der Waals surface area (Å²) in [6.45, 7) is 2.04. The first-order chi connectivity index (χ1) is 5.16. The zero-order valence-corrected chi connectivity index (χ0v) is 8.68. The molecule has 0 atom stereocenters. The highest BCUT2D eigenvalue weighted by Gasteiger charge is 1.88. The summed E-state index contributed by atoms with van der Waals surface area (Å²) in [6.07, 6.45) is 5.61. The molecule has 0 aromatic carbocycles. The highest BCUT2D eigenvalue weighted by molar-refractivity contribution is 6.55. The van der Waals surface area contributed by atoms with E-state index in [9.17, 15) is 0 Å². The minimum absolute atomic E-state index is 0.337. The molecule has 0 amide bonds. The van der Waals surface area contributed by atoms with Gasteiger partial charge < -0.3 is 0 Å². The summed E-state index contributed by atoms with van der Waals surface area (Å²) < 4.78 is 0.337. The highest BCUT2D eigenvalue weighted by atomic mass is 35.5. The number of hydrogen-bond acceptors (Lipinski definition) is 0. The van der Waals surface area contributed by atoms with Crippen molar-refractivity contribution in [3.63, 3.8) is 0 Å². The lowest BCUT2D eigenvalue weighted by Crippen LogP contribution is -1.76. The van der Waals surface area contributed by atoms with Crippen LogP contribution in [0.1, 0.15) is 19.8 Å². The van der Waals surface area contributed by atoms with Gasteiger partial charge in [-0.3, -0.25) is 0 Å². The molecule has 0 aliphatic rings. The Kier molecular flexibility index (Phi) is 7.25. The van der Waals surface area contributed by atoms with Crippen molar-refractivity contribution in [1.29, 1.82) is 0 Å². The predicted octanol–water partition coefficient (Wildman–Crippen LogP) is 4.27. The Morgan fingerprint density at radius 2 is 1.91 bits per heavy atom. The maximum atomic E-state index is 5.49. The van der Waals surface area contributed by atoms with Crippen molar-refractivity contribution in [1.82, 2.24) is 0 Å². The van der Waals surface area contributed by atoms with Gasteiger partial charge in [-0.05, 0) is 19.8 Å². The average Bonchev–Trinajstić information content (AvgIpc) is 1.87. The van der Waals surface area contributed by atoms with Gasteiger partial charge in [0.2, 0.25) is 0 Å². The van der Waals surface area contributed by atoms with Crippen LogP contribution in [0.2, 0.25) is 0 Å². The van der Waals surface area contributed by atoms with Crippen LogP contribution in [0.4, 0.5) is 0 Å². The second kappa shape index (κ2) is 7.02. The lowest BCUT2D eigenvalue weighted by molar-refractivity contribution is 0.975. The third-order valence-electron chi connectivity index (χ3n) is 1.26. The van der Waals surface area contributed by atoms with E-state index in [0.29, 0.717) is 10.4 Å². The third kappa shape index (κ3) is 8.25. The van der Waals surface area contributed by atoms with Crippen molar-refractivity contribution >= 4 is 34.8 Å². The van der Waals surface area contributed by atoms with Gasteiger partial charge in [0.1, 0.15) is 4.49 Å². The molecule has 0 heterocycles. The molecule has 0 aromatic heterocycles. The van der Waals surface area contributed by atoms with Crippen molar-refractivity contribution in [2.24, 2.45) is 0 Å². The molecule has 64 valence electrons. The molecule has 0 aliphatic carbocycles. The number of alkyl halides is 1.